The van der Waals surface area contributed by atoms with Crippen molar-refractivity contribution in [1.82, 2.24) is 25.2 Å². The minimum Gasteiger partial charge on any atom is -0.383 e. The molecular formula is C37H63N5O4S. The monoisotopic (exact) mass is 673 g/mol. The number of ether oxygens (including phenoxy) is 2. The van der Waals surface area contributed by atoms with E-state index in [9.17, 15) is 8.42 Å². The molecule has 6 atom stereocenters. The molecular weight excluding hydrogens is 611 g/mol. The summed E-state index contributed by atoms with van der Waals surface area (Å²) in [4.78, 5) is 5.39. The third-order valence-corrected chi connectivity index (χ3v) is 14.0. The average molecular weight is 674 g/mol. The highest BCUT2D eigenvalue weighted by molar-refractivity contribution is 7.90. The van der Waals surface area contributed by atoms with Gasteiger partial charge in [0, 0.05) is 44.7 Å². The first-order valence-corrected chi connectivity index (χ1v) is 20.1. The molecule has 0 radical (unpaired) electrons. The quantitative estimate of drug-likeness (QED) is 0.387. The number of fused-ring (bicyclic) bond motifs is 4. The van der Waals surface area contributed by atoms with Crippen molar-refractivity contribution in [3.8, 4) is 0 Å². The zero-order chi connectivity index (χ0) is 33.4. The number of nitrogens with zero attached hydrogens (tertiary/aromatic N) is 2. The number of piperidine rings is 1. The van der Waals surface area contributed by atoms with Gasteiger partial charge in [0.05, 0.1) is 18.5 Å². The molecule has 1 spiro atoms. The SMILES string of the molecule is COCCN1CCC2(CC1)CC(N1CC3CCCC(C3)S(=O)(=O)NC3NC(CC(c4c(C)cccc4C)N3)OC[C@H]1CC(C)(C)C)C2. The molecule has 3 aliphatic heterocycles. The Labute approximate surface area is 285 Å². The number of methoxy groups -OCH3 is 1. The van der Waals surface area contributed by atoms with Crippen LogP contribution in [0.4, 0.5) is 0 Å². The molecule has 10 heteroatoms. The van der Waals surface area contributed by atoms with Crippen molar-refractivity contribution in [1.29, 1.82) is 0 Å². The van der Waals surface area contributed by atoms with E-state index in [0.717, 1.165) is 58.2 Å². The first kappa shape index (κ1) is 35.7. The van der Waals surface area contributed by atoms with Gasteiger partial charge < -0.3 is 14.4 Å². The van der Waals surface area contributed by atoms with Crippen LogP contribution in [0, 0.1) is 30.6 Å². The molecule has 5 aliphatic rings. The van der Waals surface area contributed by atoms with Crippen molar-refractivity contribution < 1.29 is 17.9 Å². The maximum Gasteiger partial charge on any atom is 0.216 e. The molecule has 3 N–H and O–H groups in total. The lowest BCUT2D eigenvalue weighted by atomic mass is 9.59. The van der Waals surface area contributed by atoms with Gasteiger partial charge in [0.1, 0.15) is 12.5 Å². The van der Waals surface area contributed by atoms with Crippen LogP contribution in [0.25, 0.3) is 0 Å². The Bertz CT molecular complexity index is 1280. The van der Waals surface area contributed by atoms with Gasteiger partial charge in [-0.1, -0.05) is 45.4 Å². The fraction of sp³-hybridized carbons (Fsp3) is 0.838. The van der Waals surface area contributed by atoms with Crippen LogP contribution in [0.2, 0.25) is 0 Å². The predicted molar refractivity (Wildman–Crippen MR) is 188 cm³/mol. The standard InChI is InChI=1S/C37H63N5O4S/c1-26-9-7-10-27(2)34(26)32-20-33-39-35(38-32)40-47(43,44)31-12-8-11-28(19-31)24-42(30(25-46-33)21-36(3,4)5)29-22-37(23-29)13-15-41(16-14-37)17-18-45-6/h7,9-10,28-33,35,38-40H,8,11-25H2,1-6H3/t28?,30-,31?,32?,33?,35?/m1/s1. The van der Waals surface area contributed by atoms with Crippen LogP contribution < -0.4 is 15.4 Å². The Kier molecular flexibility index (Phi) is 11.1. The van der Waals surface area contributed by atoms with Gasteiger partial charge in [-0.05, 0) is 112 Å². The maximum atomic E-state index is 14.0. The summed E-state index contributed by atoms with van der Waals surface area (Å²) in [6, 6.07) is 7.21. The molecule has 4 bridgehead atoms. The molecule has 6 rings (SSSR count). The van der Waals surface area contributed by atoms with E-state index in [1.54, 1.807) is 7.11 Å². The van der Waals surface area contributed by atoms with Gasteiger partial charge in [-0.2, -0.15) is 4.72 Å². The molecule has 47 heavy (non-hydrogen) atoms. The van der Waals surface area contributed by atoms with E-state index in [1.807, 2.05) is 0 Å². The lowest BCUT2D eigenvalue weighted by Gasteiger charge is -2.57. The zero-order valence-corrected chi connectivity index (χ0v) is 30.8. The van der Waals surface area contributed by atoms with E-state index in [1.165, 1.54) is 55.5 Å². The van der Waals surface area contributed by atoms with Gasteiger partial charge >= 0.3 is 0 Å². The van der Waals surface area contributed by atoms with Crippen molar-refractivity contribution in [2.24, 2.45) is 16.7 Å². The zero-order valence-electron chi connectivity index (χ0n) is 30.0. The van der Waals surface area contributed by atoms with Crippen LogP contribution in [-0.2, 0) is 19.5 Å². The molecule has 3 saturated heterocycles. The van der Waals surface area contributed by atoms with E-state index >= 15 is 0 Å². The van der Waals surface area contributed by atoms with E-state index in [2.05, 4.69) is 78.0 Å². The van der Waals surface area contributed by atoms with E-state index in [0.29, 0.717) is 30.0 Å². The third-order valence-electron chi connectivity index (χ3n) is 12.1. The van der Waals surface area contributed by atoms with Crippen LogP contribution in [0.15, 0.2) is 18.2 Å². The minimum atomic E-state index is -3.54. The number of benzene rings is 1. The number of likely N-dealkylation sites (tertiary alicyclic amines) is 1. The number of hydrogen-bond acceptors (Lipinski definition) is 8. The Morgan fingerprint density at radius 3 is 2.45 bits per heavy atom. The van der Waals surface area contributed by atoms with Crippen molar-refractivity contribution in [2.75, 3.05) is 46.5 Å². The molecule has 3 heterocycles. The summed E-state index contributed by atoms with van der Waals surface area (Å²) in [7, 11) is -1.75. The molecule has 0 amide bonds. The maximum absolute atomic E-state index is 14.0. The molecule has 2 aliphatic carbocycles. The van der Waals surface area contributed by atoms with Crippen molar-refractivity contribution in [3.63, 3.8) is 0 Å². The van der Waals surface area contributed by atoms with E-state index in [-0.39, 0.29) is 22.9 Å². The smallest absolute Gasteiger partial charge is 0.216 e. The lowest BCUT2D eigenvalue weighted by molar-refractivity contribution is -0.0984. The molecule has 5 unspecified atom stereocenters. The largest absolute Gasteiger partial charge is 0.383 e. The molecule has 1 aromatic carbocycles. The van der Waals surface area contributed by atoms with Crippen molar-refractivity contribution in [2.45, 2.75) is 135 Å². The third kappa shape index (κ3) is 8.62. The summed E-state index contributed by atoms with van der Waals surface area (Å²) >= 11 is 0. The van der Waals surface area contributed by atoms with Crippen LogP contribution in [0.5, 0.6) is 0 Å². The lowest BCUT2D eigenvalue weighted by Crippen LogP contribution is -2.64. The summed E-state index contributed by atoms with van der Waals surface area (Å²) < 4.78 is 43.2. The molecule has 9 nitrogen and oxygen atoms in total. The number of aryl methyl sites for hydroxylation is 2. The van der Waals surface area contributed by atoms with Crippen LogP contribution >= 0.6 is 0 Å². The topological polar surface area (TPSA) is 95.2 Å². The van der Waals surface area contributed by atoms with E-state index in [4.69, 9.17) is 9.47 Å². The predicted octanol–water partition coefficient (Wildman–Crippen LogP) is 5.04. The van der Waals surface area contributed by atoms with Crippen LogP contribution in [-0.4, -0.2) is 94.6 Å². The summed E-state index contributed by atoms with van der Waals surface area (Å²) in [5, 5.41) is 6.78. The highest BCUT2D eigenvalue weighted by atomic mass is 32.2. The average Bonchev–Trinajstić information content (AvgIpc) is 2.99. The highest BCUT2D eigenvalue weighted by Gasteiger charge is 2.50. The molecule has 2 saturated carbocycles. The van der Waals surface area contributed by atoms with E-state index < -0.39 is 16.3 Å². The van der Waals surface area contributed by atoms with Gasteiger partial charge in [-0.3, -0.25) is 15.5 Å². The van der Waals surface area contributed by atoms with Gasteiger partial charge in [0.15, 0.2) is 0 Å². The first-order chi connectivity index (χ1) is 22.3. The summed E-state index contributed by atoms with van der Waals surface area (Å²) in [6.45, 7) is 17.2. The Hall–Kier alpha value is -1.11. The summed E-state index contributed by atoms with van der Waals surface area (Å²) in [5.74, 6) is 0.378. The Morgan fingerprint density at radius 1 is 1.04 bits per heavy atom. The normalized spacial score (nSPS) is 34.2. The number of sulfonamides is 1. The highest BCUT2D eigenvalue weighted by Crippen LogP contribution is 2.52. The number of nitrogens with one attached hydrogen (secondary N) is 3. The second-order valence-corrected chi connectivity index (χ2v) is 19.0. The van der Waals surface area contributed by atoms with Gasteiger partial charge in [-0.25, -0.2) is 8.42 Å². The van der Waals surface area contributed by atoms with Gasteiger partial charge in [0.25, 0.3) is 0 Å². The van der Waals surface area contributed by atoms with Gasteiger partial charge in [-0.15, -0.1) is 0 Å². The summed E-state index contributed by atoms with van der Waals surface area (Å²) in [6.07, 6.45) is 9.55. The molecule has 5 fully saturated rings. The van der Waals surface area contributed by atoms with Crippen LogP contribution in [0.1, 0.15) is 108 Å². The fourth-order valence-electron chi connectivity index (χ4n) is 9.65. The Morgan fingerprint density at radius 2 is 1.77 bits per heavy atom. The molecule has 0 aromatic heterocycles. The Balaban J connectivity index is 1.26. The second kappa shape index (κ2) is 14.6. The second-order valence-electron chi connectivity index (χ2n) is 17.0. The fourth-order valence-corrected chi connectivity index (χ4v) is 11.3. The summed E-state index contributed by atoms with van der Waals surface area (Å²) in [5.41, 5.74) is 4.29. The van der Waals surface area contributed by atoms with Crippen molar-refractivity contribution in [3.05, 3.63) is 34.9 Å². The number of rotatable bonds is 6. The minimum absolute atomic E-state index is 0.0159. The first-order valence-electron chi connectivity index (χ1n) is 18.5. The van der Waals surface area contributed by atoms with Crippen molar-refractivity contribution >= 4 is 10.0 Å². The van der Waals surface area contributed by atoms with Gasteiger partial charge in [0.2, 0.25) is 10.0 Å². The number of hydrogen-bond donors (Lipinski definition) is 3. The molecule has 266 valence electrons. The molecule has 1 aromatic rings. The van der Waals surface area contributed by atoms with Crippen LogP contribution in [0.3, 0.4) is 0 Å².